The van der Waals surface area contributed by atoms with Gasteiger partial charge >= 0.3 is 0 Å². The third-order valence-electron chi connectivity index (χ3n) is 3.52. The summed E-state index contributed by atoms with van der Waals surface area (Å²) in [4.78, 5) is 16.6. The number of carbonyl (C=O) groups excluding carboxylic acids is 1. The van der Waals surface area contributed by atoms with Gasteiger partial charge in [-0.1, -0.05) is 57.9 Å². The van der Waals surface area contributed by atoms with E-state index in [1.807, 2.05) is 30.3 Å². The lowest BCUT2D eigenvalue weighted by Gasteiger charge is -2.19. The molecule has 3 rings (SSSR count). The first-order valence-corrected chi connectivity index (χ1v) is 8.44. The Kier molecular flexibility index (Phi) is 5.27. The summed E-state index contributed by atoms with van der Waals surface area (Å²) in [7, 11) is 0. The Hall–Kier alpha value is -2.18. The zero-order valence-electron chi connectivity index (χ0n) is 12.6. The van der Waals surface area contributed by atoms with Crippen LogP contribution in [0.15, 0.2) is 65.7 Å². The fourth-order valence-corrected chi connectivity index (χ4v) is 2.91. The van der Waals surface area contributed by atoms with Gasteiger partial charge in [-0.3, -0.25) is 9.48 Å². The van der Waals surface area contributed by atoms with Crippen molar-refractivity contribution in [2.75, 3.05) is 0 Å². The van der Waals surface area contributed by atoms with Gasteiger partial charge in [0.2, 0.25) is 0 Å². The number of halogens is 2. The molecule has 1 atom stereocenters. The van der Waals surface area contributed by atoms with Crippen LogP contribution in [0.1, 0.15) is 22.0 Å². The Morgan fingerprint density at radius 3 is 2.75 bits per heavy atom. The Bertz CT molecular complexity index is 824. The second-order valence-corrected chi connectivity index (χ2v) is 6.50. The van der Waals surface area contributed by atoms with E-state index < -0.39 is 0 Å². The number of carbonyl (C=O) groups is 1. The summed E-state index contributed by atoms with van der Waals surface area (Å²) in [6, 6.07) is 14.7. The summed E-state index contributed by atoms with van der Waals surface area (Å²) >= 11 is 9.52. The Morgan fingerprint density at radius 1 is 1.25 bits per heavy atom. The van der Waals surface area contributed by atoms with Crippen LogP contribution in [0.25, 0.3) is 0 Å². The fraction of sp³-hybridized carbons (Fsp3) is 0.118. The van der Waals surface area contributed by atoms with E-state index >= 15 is 0 Å². The summed E-state index contributed by atoms with van der Waals surface area (Å²) in [5.74, 6) is -0.240. The van der Waals surface area contributed by atoms with Gasteiger partial charge in [-0.2, -0.15) is 5.10 Å². The van der Waals surface area contributed by atoms with E-state index in [1.165, 1.54) is 6.33 Å². The van der Waals surface area contributed by atoms with Crippen molar-refractivity contribution in [3.63, 3.8) is 0 Å². The minimum absolute atomic E-state index is 0.240. The highest BCUT2D eigenvalue weighted by Gasteiger charge is 2.18. The van der Waals surface area contributed by atoms with E-state index in [1.54, 1.807) is 29.2 Å². The lowest BCUT2D eigenvalue weighted by Crippen LogP contribution is -2.31. The number of aromatic nitrogens is 3. The number of nitrogens with one attached hydrogen (secondary N) is 1. The highest BCUT2D eigenvalue weighted by atomic mass is 79.9. The first-order valence-electron chi connectivity index (χ1n) is 7.27. The van der Waals surface area contributed by atoms with Gasteiger partial charge in [-0.05, 0) is 23.8 Å². The van der Waals surface area contributed by atoms with Crippen LogP contribution in [0.4, 0.5) is 0 Å². The first-order chi connectivity index (χ1) is 11.6. The molecule has 0 aliphatic heterocycles. The molecule has 0 bridgehead atoms. The van der Waals surface area contributed by atoms with Crippen molar-refractivity contribution < 1.29 is 4.79 Å². The van der Waals surface area contributed by atoms with Crippen LogP contribution < -0.4 is 5.32 Å². The summed E-state index contributed by atoms with van der Waals surface area (Å²) in [5, 5.41) is 7.54. The molecule has 1 heterocycles. The summed E-state index contributed by atoms with van der Waals surface area (Å²) in [5.41, 5.74) is 1.40. The summed E-state index contributed by atoms with van der Waals surface area (Å²) < 4.78 is 2.48. The molecule has 3 aromatic rings. The zero-order valence-corrected chi connectivity index (χ0v) is 14.9. The molecule has 0 fully saturated rings. The normalized spacial score (nSPS) is 11.9. The molecule has 1 aromatic heterocycles. The number of amides is 1. The van der Waals surface area contributed by atoms with E-state index in [9.17, 15) is 4.79 Å². The lowest BCUT2D eigenvalue weighted by molar-refractivity contribution is 0.0932. The van der Waals surface area contributed by atoms with Gasteiger partial charge in [-0.15, -0.1) is 0 Å². The minimum atomic E-state index is -0.254. The maximum atomic E-state index is 12.7. The first kappa shape index (κ1) is 16.7. The topological polar surface area (TPSA) is 59.8 Å². The number of hydrogen-bond acceptors (Lipinski definition) is 3. The largest absolute Gasteiger partial charge is 0.343 e. The Morgan fingerprint density at radius 2 is 2.04 bits per heavy atom. The van der Waals surface area contributed by atoms with Crippen LogP contribution in [0.3, 0.4) is 0 Å². The molecule has 0 aliphatic carbocycles. The lowest BCUT2D eigenvalue weighted by atomic mass is 10.1. The van der Waals surface area contributed by atoms with Crippen LogP contribution in [-0.2, 0) is 6.54 Å². The average molecular weight is 406 g/mol. The third kappa shape index (κ3) is 4.01. The van der Waals surface area contributed by atoms with Crippen molar-refractivity contribution in [2.45, 2.75) is 12.6 Å². The van der Waals surface area contributed by atoms with Crippen molar-refractivity contribution in [3.8, 4) is 0 Å². The summed E-state index contributed by atoms with van der Waals surface area (Å²) in [6.07, 6.45) is 3.09. The van der Waals surface area contributed by atoms with Crippen molar-refractivity contribution in [2.24, 2.45) is 0 Å². The molecule has 0 radical (unpaired) electrons. The molecule has 0 spiro atoms. The number of nitrogens with zero attached hydrogens (tertiary/aromatic N) is 3. The van der Waals surface area contributed by atoms with Gasteiger partial charge in [0.25, 0.3) is 5.91 Å². The molecule has 0 saturated carbocycles. The average Bonchev–Trinajstić information content (AvgIpc) is 3.10. The minimum Gasteiger partial charge on any atom is -0.343 e. The molecule has 1 amide bonds. The molecular formula is C17H14BrClN4O. The van der Waals surface area contributed by atoms with Crippen molar-refractivity contribution in [3.05, 3.63) is 81.8 Å². The predicted molar refractivity (Wildman–Crippen MR) is 95.8 cm³/mol. The molecule has 7 heteroatoms. The highest BCUT2D eigenvalue weighted by Crippen LogP contribution is 2.22. The third-order valence-corrected chi connectivity index (χ3v) is 4.34. The van der Waals surface area contributed by atoms with Gasteiger partial charge in [0.15, 0.2) is 0 Å². The van der Waals surface area contributed by atoms with Gasteiger partial charge in [0.05, 0.1) is 23.2 Å². The molecule has 2 aromatic carbocycles. The van der Waals surface area contributed by atoms with Crippen LogP contribution in [0.5, 0.6) is 0 Å². The maximum Gasteiger partial charge on any atom is 0.253 e. The van der Waals surface area contributed by atoms with E-state index in [4.69, 9.17) is 11.6 Å². The highest BCUT2D eigenvalue weighted by molar-refractivity contribution is 9.10. The molecule has 0 aliphatic rings. The zero-order chi connectivity index (χ0) is 16.9. The molecule has 0 saturated heterocycles. The van der Waals surface area contributed by atoms with Gasteiger partial charge in [0, 0.05) is 4.47 Å². The van der Waals surface area contributed by atoms with Crippen LogP contribution in [0, 0.1) is 0 Å². The molecule has 122 valence electrons. The predicted octanol–water partition coefficient (Wildman–Crippen LogP) is 3.87. The van der Waals surface area contributed by atoms with Crippen molar-refractivity contribution in [1.82, 2.24) is 20.1 Å². The molecule has 5 nitrogen and oxygen atoms in total. The number of benzene rings is 2. The van der Waals surface area contributed by atoms with Crippen LogP contribution >= 0.6 is 27.5 Å². The second kappa shape index (κ2) is 7.59. The summed E-state index contributed by atoms with van der Waals surface area (Å²) in [6.45, 7) is 0.474. The molecular weight excluding hydrogens is 392 g/mol. The standard InChI is InChI=1S/C17H14BrClN4O/c18-13-6-7-15(19)14(8-13)17(24)22-16(9-23-11-20-10-21-23)12-4-2-1-3-5-12/h1-8,10-11,16H,9H2,(H,22,24). The fourth-order valence-electron chi connectivity index (χ4n) is 2.34. The quantitative estimate of drug-likeness (QED) is 0.701. The molecule has 24 heavy (non-hydrogen) atoms. The molecule has 1 N–H and O–H groups in total. The smallest absolute Gasteiger partial charge is 0.253 e. The number of rotatable bonds is 5. The monoisotopic (exact) mass is 404 g/mol. The van der Waals surface area contributed by atoms with Crippen LogP contribution in [-0.4, -0.2) is 20.7 Å². The van der Waals surface area contributed by atoms with Crippen molar-refractivity contribution >= 4 is 33.4 Å². The second-order valence-electron chi connectivity index (χ2n) is 5.18. The van der Waals surface area contributed by atoms with E-state index in [-0.39, 0.29) is 11.9 Å². The van der Waals surface area contributed by atoms with Gasteiger partial charge in [0.1, 0.15) is 12.7 Å². The molecule has 1 unspecified atom stereocenters. The maximum absolute atomic E-state index is 12.7. The van der Waals surface area contributed by atoms with E-state index in [0.29, 0.717) is 17.1 Å². The Labute approximate surface area is 152 Å². The van der Waals surface area contributed by atoms with E-state index in [2.05, 4.69) is 31.3 Å². The van der Waals surface area contributed by atoms with Crippen molar-refractivity contribution in [1.29, 1.82) is 0 Å². The van der Waals surface area contributed by atoms with Crippen LogP contribution in [0.2, 0.25) is 5.02 Å². The SMILES string of the molecule is O=C(NC(Cn1cncn1)c1ccccc1)c1cc(Br)ccc1Cl. The van der Waals surface area contributed by atoms with E-state index in [0.717, 1.165) is 10.0 Å². The van der Waals surface area contributed by atoms with Gasteiger partial charge in [-0.25, -0.2) is 4.98 Å². The van der Waals surface area contributed by atoms with Gasteiger partial charge < -0.3 is 5.32 Å². The number of hydrogen-bond donors (Lipinski definition) is 1. The Balaban J connectivity index is 1.86.